The van der Waals surface area contributed by atoms with E-state index >= 15 is 0 Å². The number of esters is 1. The zero-order valence-corrected chi connectivity index (χ0v) is 11.2. The van der Waals surface area contributed by atoms with Crippen molar-refractivity contribution in [1.29, 1.82) is 0 Å². The SMILES string of the molecule is CCOC(=O)C1(NCC2CCCO2)CCOC1C. The smallest absolute Gasteiger partial charge is 0.329 e. The first-order chi connectivity index (χ1) is 8.69. The highest BCUT2D eigenvalue weighted by Gasteiger charge is 2.49. The zero-order valence-electron chi connectivity index (χ0n) is 11.2. The van der Waals surface area contributed by atoms with Crippen LogP contribution in [0.1, 0.15) is 33.1 Å². The van der Waals surface area contributed by atoms with E-state index in [1.807, 2.05) is 13.8 Å². The van der Waals surface area contributed by atoms with E-state index in [0.29, 0.717) is 26.2 Å². The molecule has 0 aromatic rings. The normalized spacial score (nSPS) is 35.9. The number of hydrogen-bond donors (Lipinski definition) is 1. The van der Waals surface area contributed by atoms with Crippen molar-refractivity contribution in [2.45, 2.75) is 50.9 Å². The molecule has 3 atom stereocenters. The summed E-state index contributed by atoms with van der Waals surface area (Å²) in [5.74, 6) is -0.201. The number of ether oxygens (including phenoxy) is 3. The minimum atomic E-state index is -0.692. The first-order valence-electron chi connectivity index (χ1n) is 6.84. The van der Waals surface area contributed by atoms with Crippen LogP contribution in [0.4, 0.5) is 0 Å². The predicted octanol–water partition coefficient (Wildman–Crippen LogP) is 0.866. The number of carbonyl (C=O) groups is 1. The summed E-state index contributed by atoms with van der Waals surface area (Å²) in [5, 5.41) is 3.35. The van der Waals surface area contributed by atoms with E-state index in [2.05, 4.69) is 5.32 Å². The molecular formula is C13H23NO4. The number of hydrogen-bond acceptors (Lipinski definition) is 5. The summed E-state index contributed by atoms with van der Waals surface area (Å²) >= 11 is 0. The van der Waals surface area contributed by atoms with Crippen molar-refractivity contribution in [2.24, 2.45) is 0 Å². The van der Waals surface area contributed by atoms with Crippen LogP contribution in [-0.4, -0.2) is 50.1 Å². The van der Waals surface area contributed by atoms with Crippen molar-refractivity contribution in [2.75, 3.05) is 26.4 Å². The Balaban J connectivity index is 1.97. The Morgan fingerprint density at radius 1 is 1.44 bits per heavy atom. The molecule has 2 saturated heterocycles. The van der Waals surface area contributed by atoms with Gasteiger partial charge in [-0.15, -0.1) is 0 Å². The fourth-order valence-corrected chi connectivity index (χ4v) is 2.68. The maximum atomic E-state index is 12.2. The molecule has 3 unspecified atom stereocenters. The van der Waals surface area contributed by atoms with Crippen molar-refractivity contribution in [3.63, 3.8) is 0 Å². The third-order valence-corrected chi connectivity index (χ3v) is 3.87. The Bertz CT molecular complexity index is 291. The first kappa shape index (κ1) is 13.8. The van der Waals surface area contributed by atoms with Crippen molar-refractivity contribution >= 4 is 5.97 Å². The summed E-state index contributed by atoms with van der Waals surface area (Å²) < 4.78 is 16.3. The predicted molar refractivity (Wildman–Crippen MR) is 66.4 cm³/mol. The molecule has 2 fully saturated rings. The van der Waals surface area contributed by atoms with Gasteiger partial charge in [-0.25, -0.2) is 4.79 Å². The molecule has 18 heavy (non-hydrogen) atoms. The van der Waals surface area contributed by atoms with Gasteiger partial charge in [-0.05, 0) is 26.7 Å². The lowest BCUT2D eigenvalue weighted by Crippen LogP contribution is -2.59. The fraction of sp³-hybridized carbons (Fsp3) is 0.923. The molecule has 104 valence electrons. The lowest BCUT2D eigenvalue weighted by molar-refractivity contribution is -0.153. The van der Waals surface area contributed by atoms with Gasteiger partial charge in [0.1, 0.15) is 5.54 Å². The molecular weight excluding hydrogens is 234 g/mol. The summed E-state index contributed by atoms with van der Waals surface area (Å²) in [6, 6.07) is 0. The molecule has 0 aromatic carbocycles. The molecule has 2 rings (SSSR count). The van der Waals surface area contributed by atoms with Gasteiger partial charge in [0, 0.05) is 26.2 Å². The number of rotatable bonds is 5. The largest absolute Gasteiger partial charge is 0.465 e. The maximum absolute atomic E-state index is 12.2. The van der Waals surface area contributed by atoms with Crippen molar-refractivity contribution in [3.8, 4) is 0 Å². The Hall–Kier alpha value is -0.650. The fourth-order valence-electron chi connectivity index (χ4n) is 2.68. The number of nitrogens with one attached hydrogen (secondary N) is 1. The van der Waals surface area contributed by atoms with Crippen LogP contribution in [0, 0.1) is 0 Å². The second-order valence-corrected chi connectivity index (χ2v) is 4.97. The van der Waals surface area contributed by atoms with Crippen LogP contribution in [0.25, 0.3) is 0 Å². The summed E-state index contributed by atoms with van der Waals surface area (Å²) in [6.45, 7) is 6.25. The van der Waals surface area contributed by atoms with Gasteiger partial charge in [-0.2, -0.15) is 0 Å². The molecule has 0 aromatic heterocycles. The lowest BCUT2D eigenvalue weighted by atomic mass is 9.91. The minimum absolute atomic E-state index is 0.155. The summed E-state index contributed by atoms with van der Waals surface area (Å²) in [7, 11) is 0. The Morgan fingerprint density at radius 3 is 2.83 bits per heavy atom. The molecule has 5 nitrogen and oxygen atoms in total. The Morgan fingerprint density at radius 2 is 2.28 bits per heavy atom. The van der Waals surface area contributed by atoms with Gasteiger partial charge in [0.2, 0.25) is 0 Å². The average Bonchev–Trinajstić information content (AvgIpc) is 2.97. The topological polar surface area (TPSA) is 56.8 Å². The quantitative estimate of drug-likeness (QED) is 0.740. The second-order valence-electron chi connectivity index (χ2n) is 4.97. The highest BCUT2D eigenvalue weighted by atomic mass is 16.5. The minimum Gasteiger partial charge on any atom is -0.465 e. The summed E-state index contributed by atoms with van der Waals surface area (Å²) in [6.07, 6.45) is 2.88. The van der Waals surface area contributed by atoms with Gasteiger partial charge in [-0.1, -0.05) is 0 Å². The molecule has 0 bridgehead atoms. The van der Waals surface area contributed by atoms with Crippen LogP contribution < -0.4 is 5.32 Å². The van der Waals surface area contributed by atoms with Gasteiger partial charge >= 0.3 is 5.97 Å². The Kier molecular flexibility index (Phi) is 4.59. The van der Waals surface area contributed by atoms with Crippen molar-refractivity contribution < 1.29 is 19.0 Å². The van der Waals surface area contributed by atoms with E-state index in [1.54, 1.807) is 0 Å². The van der Waals surface area contributed by atoms with E-state index in [-0.39, 0.29) is 18.2 Å². The van der Waals surface area contributed by atoms with Crippen LogP contribution in [-0.2, 0) is 19.0 Å². The van der Waals surface area contributed by atoms with Gasteiger partial charge in [0.15, 0.2) is 0 Å². The van der Waals surface area contributed by atoms with Gasteiger partial charge in [0.25, 0.3) is 0 Å². The van der Waals surface area contributed by atoms with Gasteiger partial charge in [-0.3, -0.25) is 5.32 Å². The molecule has 2 aliphatic rings. The number of carbonyl (C=O) groups excluding carboxylic acids is 1. The summed E-state index contributed by atoms with van der Waals surface area (Å²) in [5.41, 5.74) is -0.692. The molecule has 2 aliphatic heterocycles. The molecule has 0 aliphatic carbocycles. The van der Waals surface area contributed by atoms with E-state index in [9.17, 15) is 4.79 Å². The van der Waals surface area contributed by atoms with Crippen molar-refractivity contribution in [3.05, 3.63) is 0 Å². The van der Waals surface area contributed by atoms with Gasteiger partial charge in [0.05, 0.1) is 18.8 Å². The summed E-state index contributed by atoms with van der Waals surface area (Å²) in [4.78, 5) is 12.2. The lowest BCUT2D eigenvalue weighted by Gasteiger charge is -2.31. The van der Waals surface area contributed by atoms with E-state index in [1.165, 1.54) is 0 Å². The van der Waals surface area contributed by atoms with Crippen LogP contribution >= 0.6 is 0 Å². The third-order valence-electron chi connectivity index (χ3n) is 3.87. The highest BCUT2D eigenvalue weighted by molar-refractivity contribution is 5.82. The maximum Gasteiger partial charge on any atom is 0.329 e. The molecule has 2 heterocycles. The molecule has 0 amide bonds. The van der Waals surface area contributed by atoms with Crippen molar-refractivity contribution in [1.82, 2.24) is 5.32 Å². The van der Waals surface area contributed by atoms with Gasteiger partial charge < -0.3 is 14.2 Å². The van der Waals surface area contributed by atoms with Crippen LogP contribution in [0.5, 0.6) is 0 Å². The van der Waals surface area contributed by atoms with Crippen LogP contribution in [0.3, 0.4) is 0 Å². The third kappa shape index (κ3) is 2.68. The van der Waals surface area contributed by atoms with Crippen LogP contribution in [0.15, 0.2) is 0 Å². The monoisotopic (exact) mass is 257 g/mol. The second kappa shape index (κ2) is 5.99. The zero-order chi connectivity index (χ0) is 13.0. The van der Waals surface area contributed by atoms with Crippen LogP contribution in [0.2, 0.25) is 0 Å². The highest BCUT2D eigenvalue weighted by Crippen LogP contribution is 2.28. The standard InChI is InChI=1S/C13H23NO4/c1-3-16-12(15)13(6-8-17-10(13)2)14-9-11-5-4-7-18-11/h10-11,14H,3-9H2,1-2H3. The molecule has 0 radical (unpaired) electrons. The first-order valence-corrected chi connectivity index (χ1v) is 6.84. The van der Waals surface area contributed by atoms with E-state index in [0.717, 1.165) is 19.4 Å². The molecule has 1 N–H and O–H groups in total. The molecule has 0 saturated carbocycles. The average molecular weight is 257 g/mol. The van der Waals surface area contributed by atoms with E-state index < -0.39 is 5.54 Å². The molecule has 5 heteroatoms. The Labute approximate surface area is 108 Å². The van der Waals surface area contributed by atoms with E-state index in [4.69, 9.17) is 14.2 Å². The molecule has 0 spiro atoms.